The number of aromatic hydroxyl groups is 2. The molecule has 1 amide bonds. The minimum atomic E-state index is -0.0877. The Morgan fingerprint density at radius 2 is 2.00 bits per heavy atom. The van der Waals surface area contributed by atoms with Gasteiger partial charge in [-0.1, -0.05) is 19.0 Å². The van der Waals surface area contributed by atoms with Crippen molar-refractivity contribution in [3.05, 3.63) is 23.8 Å². The second-order valence-corrected chi connectivity index (χ2v) is 5.92. The first-order chi connectivity index (χ1) is 10.5. The van der Waals surface area contributed by atoms with E-state index in [2.05, 4.69) is 10.5 Å². The SMILES string of the molecule is CC(C)c1cc(-c2cc(NC(=O)C3CC3)on2)c(O)cc1O. The highest BCUT2D eigenvalue weighted by molar-refractivity contribution is 5.93. The van der Waals surface area contributed by atoms with Gasteiger partial charge in [0, 0.05) is 23.6 Å². The first-order valence-electron chi connectivity index (χ1n) is 7.29. The Labute approximate surface area is 127 Å². The third kappa shape index (κ3) is 2.77. The normalized spacial score (nSPS) is 14.3. The number of hydrogen-bond acceptors (Lipinski definition) is 5. The molecule has 6 heteroatoms. The Kier molecular flexibility index (Phi) is 3.52. The number of nitrogens with one attached hydrogen (secondary N) is 1. The summed E-state index contributed by atoms with van der Waals surface area (Å²) >= 11 is 0. The number of carbonyl (C=O) groups is 1. The third-order valence-electron chi connectivity index (χ3n) is 3.75. The lowest BCUT2D eigenvalue weighted by molar-refractivity contribution is -0.117. The lowest BCUT2D eigenvalue weighted by Gasteiger charge is -2.11. The number of carbonyl (C=O) groups excluding carboxylic acids is 1. The molecule has 0 saturated heterocycles. The van der Waals surface area contributed by atoms with E-state index in [0.29, 0.717) is 16.8 Å². The molecule has 2 aromatic rings. The molecule has 1 saturated carbocycles. The zero-order valence-electron chi connectivity index (χ0n) is 12.5. The van der Waals surface area contributed by atoms with Gasteiger partial charge in [0.05, 0.1) is 0 Å². The van der Waals surface area contributed by atoms with E-state index in [-0.39, 0.29) is 35.1 Å². The van der Waals surface area contributed by atoms with Gasteiger partial charge in [0.2, 0.25) is 11.8 Å². The molecule has 116 valence electrons. The largest absolute Gasteiger partial charge is 0.508 e. The molecule has 3 N–H and O–H groups in total. The van der Waals surface area contributed by atoms with E-state index in [1.165, 1.54) is 6.07 Å². The van der Waals surface area contributed by atoms with Gasteiger partial charge in [-0.3, -0.25) is 10.1 Å². The van der Waals surface area contributed by atoms with Crippen molar-refractivity contribution < 1.29 is 19.5 Å². The van der Waals surface area contributed by atoms with Crippen LogP contribution in [0.5, 0.6) is 11.5 Å². The molecule has 1 aromatic heterocycles. The predicted octanol–water partition coefficient (Wildman–Crippen LogP) is 3.22. The topological polar surface area (TPSA) is 95.6 Å². The summed E-state index contributed by atoms with van der Waals surface area (Å²) in [5.41, 5.74) is 1.57. The summed E-state index contributed by atoms with van der Waals surface area (Å²) in [4.78, 5) is 11.7. The van der Waals surface area contributed by atoms with Gasteiger partial charge in [-0.15, -0.1) is 0 Å². The number of rotatable bonds is 4. The van der Waals surface area contributed by atoms with Gasteiger partial charge in [0.1, 0.15) is 17.2 Å². The molecule has 6 nitrogen and oxygen atoms in total. The molecule has 1 fully saturated rings. The third-order valence-corrected chi connectivity index (χ3v) is 3.75. The van der Waals surface area contributed by atoms with Crippen molar-refractivity contribution in [3.8, 4) is 22.8 Å². The van der Waals surface area contributed by atoms with Crippen LogP contribution in [0.1, 0.15) is 38.2 Å². The number of aromatic nitrogens is 1. The van der Waals surface area contributed by atoms with Gasteiger partial charge in [-0.2, -0.15) is 0 Å². The first-order valence-corrected chi connectivity index (χ1v) is 7.29. The highest BCUT2D eigenvalue weighted by Crippen LogP contribution is 2.38. The molecule has 0 radical (unpaired) electrons. The molecule has 3 rings (SSSR count). The molecular formula is C16H18N2O4. The summed E-state index contributed by atoms with van der Waals surface area (Å²) in [5.74, 6) is 0.312. The summed E-state index contributed by atoms with van der Waals surface area (Å²) in [7, 11) is 0. The van der Waals surface area contributed by atoms with Crippen LogP contribution in [-0.4, -0.2) is 21.3 Å². The minimum Gasteiger partial charge on any atom is -0.508 e. The second kappa shape index (κ2) is 5.36. The van der Waals surface area contributed by atoms with Crippen molar-refractivity contribution in [3.63, 3.8) is 0 Å². The fourth-order valence-corrected chi connectivity index (χ4v) is 2.29. The highest BCUT2D eigenvalue weighted by Gasteiger charge is 2.30. The Morgan fingerprint density at radius 3 is 2.64 bits per heavy atom. The van der Waals surface area contributed by atoms with Gasteiger partial charge in [0.15, 0.2) is 0 Å². The van der Waals surface area contributed by atoms with E-state index in [4.69, 9.17) is 4.52 Å². The average Bonchev–Trinajstić information content (AvgIpc) is 3.20. The maximum absolute atomic E-state index is 11.7. The number of benzene rings is 1. The van der Waals surface area contributed by atoms with E-state index in [1.54, 1.807) is 12.1 Å². The van der Waals surface area contributed by atoms with Gasteiger partial charge in [-0.05, 0) is 30.4 Å². The van der Waals surface area contributed by atoms with Crippen LogP contribution in [0.15, 0.2) is 22.7 Å². The van der Waals surface area contributed by atoms with Crippen molar-refractivity contribution >= 4 is 11.8 Å². The summed E-state index contributed by atoms with van der Waals surface area (Å²) < 4.78 is 5.10. The van der Waals surface area contributed by atoms with E-state index in [9.17, 15) is 15.0 Å². The quantitative estimate of drug-likeness (QED) is 0.806. The molecule has 22 heavy (non-hydrogen) atoms. The molecular weight excluding hydrogens is 284 g/mol. The fraction of sp³-hybridized carbons (Fsp3) is 0.375. The lowest BCUT2D eigenvalue weighted by Crippen LogP contribution is -2.12. The van der Waals surface area contributed by atoms with Crippen LogP contribution < -0.4 is 5.32 Å². The molecule has 0 bridgehead atoms. The molecule has 1 heterocycles. The Balaban J connectivity index is 1.89. The summed E-state index contributed by atoms with van der Waals surface area (Å²) in [6.45, 7) is 3.89. The van der Waals surface area contributed by atoms with Gasteiger partial charge in [0.25, 0.3) is 0 Å². The van der Waals surface area contributed by atoms with Crippen LogP contribution >= 0.6 is 0 Å². The first kappa shape index (κ1) is 14.4. The van der Waals surface area contributed by atoms with Crippen molar-refractivity contribution in [2.75, 3.05) is 5.32 Å². The van der Waals surface area contributed by atoms with Gasteiger partial charge in [-0.25, -0.2) is 0 Å². The number of nitrogens with zero attached hydrogens (tertiary/aromatic N) is 1. The monoisotopic (exact) mass is 302 g/mol. The number of hydrogen-bond donors (Lipinski definition) is 3. The molecule has 1 aromatic carbocycles. The summed E-state index contributed by atoms with van der Waals surface area (Å²) in [6.07, 6.45) is 1.81. The van der Waals surface area contributed by atoms with Gasteiger partial charge >= 0.3 is 0 Å². The minimum absolute atomic E-state index is 0.0435. The Bertz CT molecular complexity index is 717. The highest BCUT2D eigenvalue weighted by atomic mass is 16.5. The van der Waals surface area contributed by atoms with Crippen molar-refractivity contribution in [2.24, 2.45) is 5.92 Å². The molecule has 0 unspecified atom stereocenters. The maximum Gasteiger partial charge on any atom is 0.231 e. The zero-order chi connectivity index (χ0) is 15.9. The number of phenolic OH excluding ortho intramolecular Hbond substituents is 2. The lowest BCUT2D eigenvalue weighted by atomic mass is 9.98. The second-order valence-electron chi connectivity index (χ2n) is 5.92. The number of amides is 1. The van der Waals surface area contributed by atoms with E-state index < -0.39 is 0 Å². The zero-order valence-corrected chi connectivity index (χ0v) is 12.5. The van der Waals surface area contributed by atoms with Crippen LogP contribution in [0.25, 0.3) is 11.3 Å². The van der Waals surface area contributed by atoms with E-state index >= 15 is 0 Å². The Hall–Kier alpha value is -2.50. The summed E-state index contributed by atoms with van der Waals surface area (Å²) in [6, 6.07) is 4.54. The molecule has 0 spiro atoms. The standard InChI is InChI=1S/C16H18N2O4/c1-8(2)10-5-11(14(20)7-13(10)19)12-6-15(22-18-12)17-16(21)9-3-4-9/h5-9,19-20H,3-4H2,1-2H3,(H,17,21). The van der Waals surface area contributed by atoms with Crippen LogP contribution in [0.4, 0.5) is 5.88 Å². The molecule has 0 atom stereocenters. The smallest absolute Gasteiger partial charge is 0.231 e. The van der Waals surface area contributed by atoms with E-state index in [0.717, 1.165) is 12.8 Å². The Morgan fingerprint density at radius 1 is 1.27 bits per heavy atom. The summed E-state index contributed by atoms with van der Waals surface area (Å²) in [5, 5.41) is 26.4. The molecule has 1 aliphatic carbocycles. The average molecular weight is 302 g/mol. The molecule has 0 aliphatic heterocycles. The van der Waals surface area contributed by atoms with Crippen molar-refractivity contribution in [1.29, 1.82) is 0 Å². The van der Waals surface area contributed by atoms with Gasteiger partial charge < -0.3 is 14.7 Å². The maximum atomic E-state index is 11.7. The van der Waals surface area contributed by atoms with Crippen LogP contribution in [-0.2, 0) is 4.79 Å². The van der Waals surface area contributed by atoms with E-state index in [1.807, 2.05) is 13.8 Å². The van der Waals surface area contributed by atoms with Crippen molar-refractivity contribution in [2.45, 2.75) is 32.6 Å². The van der Waals surface area contributed by atoms with Crippen LogP contribution in [0, 0.1) is 5.92 Å². The predicted molar refractivity (Wildman–Crippen MR) is 80.7 cm³/mol. The number of anilines is 1. The molecule has 1 aliphatic rings. The fourth-order valence-electron chi connectivity index (χ4n) is 2.29. The van der Waals surface area contributed by atoms with Crippen LogP contribution in [0.2, 0.25) is 0 Å². The number of phenols is 2. The van der Waals surface area contributed by atoms with Crippen LogP contribution in [0.3, 0.4) is 0 Å². The van der Waals surface area contributed by atoms with Crippen molar-refractivity contribution in [1.82, 2.24) is 5.16 Å².